The van der Waals surface area contributed by atoms with Gasteiger partial charge in [0, 0.05) is 6.04 Å². The molecule has 3 nitrogen and oxygen atoms in total. The van der Waals surface area contributed by atoms with Gasteiger partial charge in [0.05, 0.1) is 11.0 Å². The van der Waals surface area contributed by atoms with E-state index in [-0.39, 0.29) is 17.0 Å². The summed E-state index contributed by atoms with van der Waals surface area (Å²) in [4.78, 5) is 0. The van der Waals surface area contributed by atoms with E-state index in [1.807, 2.05) is 26.0 Å². The predicted molar refractivity (Wildman–Crippen MR) is 74.2 cm³/mol. The summed E-state index contributed by atoms with van der Waals surface area (Å²) in [5.74, 6) is 0.119. The van der Waals surface area contributed by atoms with Crippen LogP contribution in [0, 0.1) is 13.8 Å². The van der Waals surface area contributed by atoms with Crippen LogP contribution in [0.1, 0.15) is 36.0 Å². The molecule has 1 fully saturated rings. The van der Waals surface area contributed by atoms with Crippen molar-refractivity contribution in [2.75, 3.05) is 0 Å². The van der Waals surface area contributed by atoms with Crippen LogP contribution in [0.5, 0.6) is 0 Å². The van der Waals surface area contributed by atoms with Gasteiger partial charge in [0.25, 0.3) is 0 Å². The fraction of sp³-hybridized carbons (Fsp3) is 0.571. The first kappa shape index (κ1) is 13.6. The van der Waals surface area contributed by atoms with E-state index in [0.717, 1.165) is 29.5 Å². The normalized spacial score (nSPS) is 24.4. The van der Waals surface area contributed by atoms with E-state index in [4.69, 9.17) is 5.73 Å². The first-order valence-electron chi connectivity index (χ1n) is 6.43. The molecule has 0 spiro atoms. The highest BCUT2D eigenvalue weighted by molar-refractivity contribution is 7.91. The minimum absolute atomic E-state index is 0.119. The van der Waals surface area contributed by atoms with E-state index < -0.39 is 9.84 Å². The third kappa shape index (κ3) is 2.93. The number of benzene rings is 1. The molecule has 2 atom stereocenters. The summed E-state index contributed by atoms with van der Waals surface area (Å²) < 4.78 is 24.7. The molecule has 0 saturated heterocycles. The van der Waals surface area contributed by atoms with Crippen molar-refractivity contribution in [1.29, 1.82) is 0 Å². The Morgan fingerprint density at radius 3 is 2.28 bits per heavy atom. The van der Waals surface area contributed by atoms with Crippen LogP contribution in [-0.2, 0) is 15.6 Å². The van der Waals surface area contributed by atoms with E-state index in [2.05, 4.69) is 6.07 Å². The Kier molecular flexibility index (Phi) is 3.78. The monoisotopic (exact) mass is 267 g/mol. The molecule has 1 aliphatic carbocycles. The van der Waals surface area contributed by atoms with Crippen molar-refractivity contribution < 1.29 is 8.42 Å². The lowest BCUT2D eigenvalue weighted by Gasteiger charge is -2.16. The number of hydrogen-bond acceptors (Lipinski definition) is 3. The zero-order valence-corrected chi connectivity index (χ0v) is 11.8. The van der Waals surface area contributed by atoms with E-state index in [1.165, 1.54) is 0 Å². The molecule has 1 aromatic carbocycles. The van der Waals surface area contributed by atoms with Gasteiger partial charge in [-0.1, -0.05) is 35.7 Å². The molecular weight excluding hydrogens is 246 g/mol. The minimum atomic E-state index is -3.12. The molecule has 0 aromatic heterocycles. The van der Waals surface area contributed by atoms with Crippen molar-refractivity contribution in [3.8, 4) is 0 Å². The lowest BCUT2D eigenvalue weighted by Crippen LogP contribution is -2.36. The number of sulfone groups is 1. The van der Waals surface area contributed by atoms with Gasteiger partial charge in [-0.05, 0) is 32.3 Å². The number of hydrogen-bond donors (Lipinski definition) is 1. The van der Waals surface area contributed by atoms with Crippen LogP contribution in [0.3, 0.4) is 0 Å². The fourth-order valence-corrected chi connectivity index (χ4v) is 4.93. The first-order chi connectivity index (χ1) is 8.38. The molecule has 2 N–H and O–H groups in total. The van der Waals surface area contributed by atoms with Gasteiger partial charge in [0.2, 0.25) is 0 Å². The van der Waals surface area contributed by atoms with Crippen LogP contribution >= 0.6 is 0 Å². The number of nitrogens with two attached hydrogens (primary N) is 1. The lowest BCUT2D eigenvalue weighted by molar-refractivity contribution is 0.567. The van der Waals surface area contributed by atoms with Crippen LogP contribution in [0.2, 0.25) is 0 Å². The van der Waals surface area contributed by atoms with Crippen LogP contribution in [0.25, 0.3) is 0 Å². The summed E-state index contributed by atoms with van der Waals surface area (Å²) in [7, 11) is -3.12. The zero-order chi connectivity index (χ0) is 13.3. The molecule has 1 aliphatic rings. The highest BCUT2D eigenvalue weighted by Gasteiger charge is 2.35. The highest BCUT2D eigenvalue weighted by Crippen LogP contribution is 2.26. The van der Waals surface area contributed by atoms with Crippen LogP contribution in [0.15, 0.2) is 18.2 Å². The summed E-state index contributed by atoms with van der Waals surface area (Å²) in [5, 5.41) is -0.349. The van der Waals surface area contributed by atoms with Crippen LogP contribution in [-0.4, -0.2) is 19.7 Å². The van der Waals surface area contributed by atoms with Crippen LogP contribution < -0.4 is 5.73 Å². The summed E-state index contributed by atoms with van der Waals surface area (Å²) in [6.45, 7) is 3.98. The van der Waals surface area contributed by atoms with Gasteiger partial charge in [-0.3, -0.25) is 0 Å². The summed E-state index contributed by atoms with van der Waals surface area (Å²) >= 11 is 0. The highest BCUT2D eigenvalue weighted by atomic mass is 32.2. The summed E-state index contributed by atoms with van der Waals surface area (Å²) in [6.07, 6.45) is 2.48. The van der Waals surface area contributed by atoms with Crippen molar-refractivity contribution in [3.05, 3.63) is 34.9 Å². The maximum absolute atomic E-state index is 12.4. The second-order valence-electron chi connectivity index (χ2n) is 5.44. The Labute approximate surface area is 109 Å². The average molecular weight is 267 g/mol. The summed E-state index contributed by atoms with van der Waals surface area (Å²) in [6, 6.07) is 5.77. The molecule has 0 heterocycles. The zero-order valence-electron chi connectivity index (χ0n) is 11.0. The molecular formula is C14H21NO2S. The molecule has 2 unspecified atom stereocenters. The second kappa shape index (κ2) is 5.02. The molecule has 0 bridgehead atoms. The Hall–Kier alpha value is -0.870. The lowest BCUT2D eigenvalue weighted by atomic mass is 10.1. The van der Waals surface area contributed by atoms with Gasteiger partial charge in [0.1, 0.15) is 0 Å². The van der Waals surface area contributed by atoms with Crippen molar-refractivity contribution >= 4 is 9.84 Å². The molecule has 100 valence electrons. The number of aryl methyl sites for hydroxylation is 2. The Morgan fingerprint density at radius 1 is 1.17 bits per heavy atom. The largest absolute Gasteiger partial charge is 0.327 e. The van der Waals surface area contributed by atoms with Gasteiger partial charge in [-0.2, -0.15) is 0 Å². The van der Waals surface area contributed by atoms with Crippen molar-refractivity contribution in [2.45, 2.75) is 50.2 Å². The second-order valence-corrected chi connectivity index (χ2v) is 7.66. The molecule has 1 aromatic rings. The van der Waals surface area contributed by atoms with Gasteiger partial charge < -0.3 is 5.73 Å². The fourth-order valence-electron chi connectivity index (χ4n) is 2.89. The molecule has 4 heteroatoms. The third-order valence-electron chi connectivity index (χ3n) is 3.61. The topological polar surface area (TPSA) is 60.2 Å². The van der Waals surface area contributed by atoms with Gasteiger partial charge >= 0.3 is 0 Å². The molecule has 1 saturated carbocycles. The minimum Gasteiger partial charge on any atom is -0.327 e. The smallest absolute Gasteiger partial charge is 0.158 e. The molecule has 0 amide bonds. The van der Waals surface area contributed by atoms with E-state index in [1.54, 1.807) is 0 Å². The average Bonchev–Trinajstić information content (AvgIpc) is 2.62. The SMILES string of the molecule is Cc1cc(C)cc(CS(=O)(=O)C2CCCC2N)c1. The summed E-state index contributed by atoms with van der Waals surface area (Å²) in [5.41, 5.74) is 9.00. The predicted octanol–water partition coefficient (Wildman–Crippen LogP) is 2.10. The van der Waals surface area contributed by atoms with Gasteiger partial charge in [-0.25, -0.2) is 8.42 Å². The first-order valence-corrected chi connectivity index (χ1v) is 8.14. The molecule has 0 radical (unpaired) electrons. The van der Waals surface area contributed by atoms with E-state index in [9.17, 15) is 8.42 Å². The van der Waals surface area contributed by atoms with Crippen LogP contribution in [0.4, 0.5) is 0 Å². The third-order valence-corrected chi connectivity index (χ3v) is 5.86. The molecule has 2 rings (SSSR count). The maximum Gasteiger partial charge on any atom is 0.158 e. The van der Waals surface area contributed by atoms with Gasteiger partial charge in [0.15, 0.2) is 9.84 Å². The quantitative estimate of drug-likeness (QED) is 0.912. The van der Waals surface area contributed by atoms with Crippen molar-refractivity contribution in [2.24, 2.45) is 5.73 Å². The van der Waals surface area contributed by atoms with Gasteiger partial charge in [-0.15, -0.1) is 0 Å². The molecule has 18 heavy (non-hydrogen) atoms. The molecule has 0 aliphatic heterocycles. The Balaban J connectivity index is 2.22. The van der Waals surface area contributed by atoms with E-state index in [0.29, 0.717) is 6.42 Å². The van der Waals surface area contributed by atoms with Crippen molar-refractivity contribution in [1.82, 2.24) is 0 Å². The maximum atomic E-state index is 12.4. The van der Waals surface area contributed by atoms with E-state index >= 15 is 0 Å². The van der Waals surface area contributed by atoms with Crippen molar-refractivity contribution in [3.63, 3.8) is 0 Å². The standard InChI is InChI=1S/C14H21NO2S/c1-10-6-11(2)8-12(7-10)9-18(16,17)14-5-3-4-13(14)15/h6-8,13-14H,3-5,9,15H2,1-2H3. The number of rotatable bonds is 3. The Bertz CT molecular complexity index is 516. The Morgan fingerprint density at radius 2 is 1.78 bits per heavy atom.